The van der Waals surface area contributed by atoms with Gasteiger partial charge in [0.1, 0.15) is 12.4 Å². The Kier molecular flexibility index (Phi) is 6.90. The van der Waals surface area contributed by atoms with Crippen LogP contribution in [0.4, 0.5) is 18.9 Å². The van der Waals surface area contributed by atoms with E-state index in [0.717, 1.165) is 18.9 Å². The smallest absolute Gasteiger partial charge is 0.366 e. The number of alkyl halides is 3. The molecule has 180 valence electrons. The van der Waals surface area contributed by atoms with Gasteiger partial charge in [-0.1, -0.05) is 42.5 Å². The van der Waals surface area contributed by atoms with Gasteiger partial charge in [-0.15, -0.1) is 5.06 Å². The Hall–Kier alpha value is -3.37. The molecule has 0 atom stereocenters. The molecular weight excluding hydrogens is 449 g/mol. The number of para-hydroxylation sites is 1. The van der Waals surface area contributed by atoms with E-state index in [2.05, 4.69) is 0 Å². The van der Waals surface area contributed by atoms with Crippen LogP contribution in [0, 0.1) is 5.41 Å². The van der Waals surface area contributed by atoms with Crippen LogP contribution in [0.5, 0.6) is 0 Å². The van der Waals surface area contributed by atoms with Crippen LogP contribution in [0.25, 0.3) is 6.08 Å². The molecule has 34 heavy (non-hydrogen) atoms. The van der Waals surface area contributed by atoms with Crippen molar-refractivity contribution in [1.29, 1.82) is 5.41 Å². The number of hydroxylamine groups is 3. The number of piperidine rings is 1. The zero-order valence-corrected chi connectivity index (χ0v) is 18.3. The lowest BCUT2D eigenvalue weighted by Gasteiger charge is -2.41. The van der Waals surface area contributed by atoms with Gasteiger partial charge in [0, 0.05) is 24.7 Å². The molecule has 3 aliphatic heterocycles. The van der Waals surface area contributed by atoms with Gasteiger partial charge in [0.05, 0.1) is 17.8 Å². The fourth-order valence-corrected chi connectivity index (χ4v) is 4.23. The van der Waals surface area contributed by atoms with Crippen LogP contribution < -0.4 is 5.06 Å². The minimum atomic E-state index is -4.58. The van der Waals surface area contributed by atoms with Gasteiger partial charge < -0.3 is 9.74 Å². The van der Waals surface area contributed by atoms with Gasteiger partial charge in [0.25, 0.3) is 0 Å². The largest absolute Gasteiger partial charge is 0.418 e. The highest BCUT2D eigenvalue weighted by atomic mass is 19.4. The third-order valence-corrected chi connectivity index (χ3v) is 5.92. The maximum absolute atomic E-state index is 13.2. The summed E-state index contributed by atoms with van der Waals surface area (Å²) < 4.78 is 39.6. The molecule has 5 rings (SSSR count). The predicted octanol–water partition coefficient (Wildman–Crippen LogP) is 4.18. The second-order valence-electron chi connectivity index (χ2n) is 8.22. The lowest BCUT2D eigenvalue weighted by Crippen LogP contribution is -2.53. The van der Waals surface area contributed by atoms with E-state index in [0.29, 0.717) is 29.3 Å². The molecule has 0 unspecified atom stereocenters. The zero-order valence-electron chi connectivity index (χ0n) is 18.3. The minimum Gasteiger partial charge on any atom is -0.366 e. The number of amidine groups is 1. The number of nitrogens with one attached hydrogen (secondary N) is 1. The van der Waals surface area contributed by atoms with Crippen molar-refractivity contribution < 1.29 is 28.0 Å². The van der Waals surface area contributed by atoms with Crippen molar-refractivity contribution >= 4 is 23.6 Å². The van der Waals surface area contributed by atoms with Crippen molar-refractivity contribution in [3.8, 4) is 0 Å². The highest BCUT2D eigenvalue weighted by Gasteiger charge is 2.35. The van der Waals surface area contributed by atoms with E-state index >= 15 is 0 Å². The number of benzene rings is 2. The summed E-state index contributed by atoms with van der Waals surface area (Å²) in [6.45, 7) is 1.11. The molecule has 2 bridgehead atoms. The summed E-state index contributed by atoms with van der Waals surface area (Å²) >= 11 is 0. The van der Waals surface area contributed by atoms with E-state index in [1.54, 1.807) is 46.4 Å². The van der Waals surface area contributed by atoms with E-state index < -0.39 is 17.7 Å². The molecule has 0 spiro atoms. The number of halogens is 3. The number of carbonyl (C=O) groups excluding carboxylic acids is 1. The van der Waals surface area contributed by atoms with Gasteiger partial charge in [-0.05, 0) is 36.6 Å². The third kappa shape index (κ3) is 5.40. The van der Waals surface area contributed by atoms with Crippen LogP contribution in [0.3, 0.4) is 0 Å². The van der Waals surface area contributed by atoms with Gasteiger partial charge in [0.2, 0.25) is 0 Å². The van der Waals surface area contributed by atoms with Crippen molar-refractivity contribution in [2.45, 2.75) is 25.1 Å². The van der Waals surface area contributed by atoms with Crippen LogP contribution in [-0.2, 0) is 15.8 Å². The van der Waals surface area contributed by atoms with Gasteiger partial charge in [-0.3, -0.25) is 15.7 Å². The van der Waals surface area contributed by atoms with Crippen LogP contribution in [-0.4, -0.2) is 59.2 Å². The SMILES string of the molecule is N=C(c1cccc(/C=C/CN(O)c2ccccc2C(F)(F)F)c1)N1CC(=O)ON2CCC1CC2. The summed E-state index contributed by atoms with van der Waals surface area (Å²) in [5, 5.41) is 21.1. The lowest BCUT2D eigenvalue weighted by atomic mass is 10.0. The Morgan fingerprint density at radius 2 is 1.91 bits per heavy atom. The third-order valence-electron chi connectivity index (χ3n) is 5.92. The van der Waals surface area contributed by atoms with E-state index in [1.165, 1.54) is 18.2 Å². The molecule has 7 nitrogen and oxygen atoms in total. The van der Waals surface area contributed by atoms with Crippen molar-refractivity contribution in [2.24, 2.45) is 0 Å². The Bertz CT molecular complexity index is 1080. The van der Waals surface area contributed by atoms with Gasteiger partial charge in [-0.25, -0.2) is 4.79 Å². The molecule has 3 aliphatic rings. The summed E-state index contributed by atoms with van der Waals surface area (Å²) in [4.78, 5) is 19.2. The fourth-order valence-electron chi connectivity index (χ4n) is 4.23. The second kappa shape index (κ2) is 9.86. The van der Waals surface area contributed by atoms with E-state index in [1.807, 2.05) is 0 Å². The predicted molar refractivity (Wildman–Crippen MR) is 120 cm³/mol. The summed E-state index contributed by atoms with van der Waals surface area (Å²) in [5.74, 6) is -0.178. The van der Waals surface area contributed by atoms with Crippen LogP contribution >= 0.6 is 0 Å². The topological polar surface area (TPSA) is 80.1 Å². The molecule has 2 N–H and O–H groups in total. The number of fused-ring (bicyclic) bond motifs is 5. The molecule has 2 aromatic rings. The first-order chi connectivity index (χ1) is 16.2. The first kappa shape index (κ1) is 23.8. The first-order valence-electron chi connectivity index (χ1n) is 10.9. The normalized spacial score (nSPS) is 20.7. The lowest BCUT2D eigenvalue weighted by molar-refractivity contribution is -0.204. The van der Waals surface area contributed by atoms with Gasteiger partial charge in [-0.2, -0.15) is 13.2 Å². The molecular formula is C24H25F3N4O3. The number of rotatable bonds is 5. The molecule has 0 saturated carbocycles. The first-order valence-corrected chi connectivity index (χ1v) is 10.9. The highest BCUT2D eigenvalue weighted by molar-refractivity contribution is 5.98. The Morgan fingerprint density at radius 1 is 1.18 bits per heavy atom. The molecule has 0 amide bonds. The second-order valence-corrected chi connectivity index (χ2v) is 8.22. The summed E-state index contributed by atoms with van der Waals surface area (Å²) in [7, 11) is 0. The minimum absolute atomic E-state index is 0.00183. The van der Waals surface area contributed by atoms with Crippen LogP contribution in [0.2, 0.25) is 0 Å². The number of anilines is 1. The standard InChI is InChI=1S/C24H25F3N4O3/c25-24(26,27)20-8-1-2-9-21(20)31(33)12-4-6-17-5-3-7-18(15-17)23(28)30-16-22(32)34-29-13-10-19(30)11-14-29/h1-9,15,19,28,33H,10-14,16H2/b6-4+,28-23?. The molecule has 2 aromatic carbocycles. The van der Waals surface area contributed by atoms with Gasteiger partial charge in [0.15, 0.2) is 0 Å². The molecule has 3 saturated heterocycles. The molecule has 3 fully saturated rings. The molecule has 10 heteroatoms. The van der Waals surface area contributed by atoms with Crippen molar-refractivity contribution in [3.63, 3.8) is 0 Å². The number of nitrogens with zero attached hydrogens (tertiary/aromatic N) is 3. The number of carbonyl (C=O) groups is 1. The quantitative estimate of drug-likeness (QED) is 0.385. The van der Waals surface area contributed by atoms with E-state index in [-0.39, 0.29) is 30.7 Å². The Balaban J connectivity index is 1.46. The highest BCUT2D eigenvalue weighted by Crippen LogP contribution is 2.36. The van der Waals surface area contributed by atoms with Crippen LogP contribution in [0.1, 0.15) is 29.5 Å². The molecule has 0 aliphatic carbocycles. The number of hydrogen-bond donors (Lipinski definition) is 2. The maximum atomic E-state index is 13.2. The van der Waals surface area contributed by atoms with Gasteiger partial charge >= 0.3 is 12.1 Å². The molecule has 0 aromatic heterocycles. The Labute approximate surface area is 195 Å². The Morgan fingerprint density at radius 3 is 2.65 bits per heavy atom. The maximum Gasteiger partial charge on any atom is 0.418 e. The fraction of sp³-hybridized carbons (Fsp3) is 0.333. The summed E-state index contributed by atoms with van der Waals surface area (Å²) in [5.41, 5.74) is 0.0783. The molecule has 0 radical (unpaired) electrons. The van der Waals surface area contributed by atoms with Crippen molar-refractivity contribution in [2.75, 3.05) is 31.2 Å². The zero-order chi connectivity index (χ0) is 24.3. The van der Waals surface area contributed by atoms with Crippen LogP contribution in [0.15, 0.2) is 54.6 Å². The molecule has 3 heterocycles. The van der Waals surface area contributed by atoms with E-state index in [4.69, 9.17) is 10.2 Å². The summed E-state index contributed by atoms with van der Waals surface area (Å²) in [6, 6.07) is 12.0. The average Bonchev–Trinajstić information content (AvgIpc) is 2.81. The summed E-state index contributed by atoms with van der Waals surface area (Å²) in [6.07, 6.45) is 0.211. The average molecular weight is 474 g/mol. The monoisotopic (exact) mass is 474 g/mol. The number of hydrogen-bond acceptors (Lipinski definition) is 6. The van der Waals surface area contributed by atoms with Crippen molar-refractivity contribution in [1.82, 2.24) is 9.96 Å². The van der Waals surface area contributed by atoms with Crippen molar-refractivity contribution in [3.05, 3.63) is 71.3 Å². The van der Waals surface area contributed by atoms with E-state index in [9.17, 15) is 23.2 Å².